The van der Waals surface area contributed by atoms with Crippen LogP contribution in [0.5, 0.6) is 51.7 Å². The Hall–Kier alpha value is -11.7. The zero-order chi connectivity index (χ0) is 67.5. The molecule has 0 aliphatic rings. The SMILES string of the molecule is COc1cc(Nc2ncnc(-n3c(Cl)nc4ccccc43)n2)cc(OC)c1OC.COc1cc(Nc2ncnc(-n3c(Nc4cccc(C(N)=O)c4)nc4ccccc43)n2)cc(OC)c1OC.COc1cc(Nc2ncnc(Cl)n2)cc(OC)c1OC.Clc1ncnc(Cl)n1. The van der Waals surface area contributed by atoms with Crippen LogP contribution in [0.3, 0.4) is 0 Å². The third kappa shape index (κ3) is 16.7. The second-order valence-corrected chi connectivity index (χ2v) is 19.8. The predicted molar refractivity (Wildman–Crippen MR) is 355 cm³/mol. The highest BCUT2D eigenvalue weighted by molar-refractivity contribution is 6.31. The van der Waals surface area contributed by atoms with Crippen LogP contribution >= 0.6 is 46.4 Å². The standard InChI is InChI=1S/C26H24N8O4.C19H17ClN6O3.C12H13ClN4O3.C3HCl2N3/c1-36-20-12-17(13-21(37-2)22(20)38-3)30-24-28-14-29-25(33-24)34-19-10-5-4-9-18(19)32-26(34)31-16-8-6-7-15(11-16)23(27)35;1-27-14-8-11(9-15(28-2)16(14)29-3)23-18-21-10-22-19(25-18)26-13-7-5-4-6-12(13)24-17(26)20;1-18-8-4-7(5-9(19-2)10(8)20-3)16-12-15-6-14-11(13)17-12;4-2-6-1-7-3(5)8-2/h4-14H,1-3H3,(H2,27,35)(H,31,32)(H,28,29,30,33);4-10H,1-3H3,(H,21,22,23,25);4-6H,1-3H3,(H,14,15,16,17);1H. The highest BCUT2D eigenvalue weighted by atomic mass is 35.5. The number of nitrogens with two attached hydrogens (primary N) is 1. The Morgan fingerprint density at radius 1 is 0.379 bits per heavy atom. The second-order valence-electron chi connectivity index (χ2n) is 18.5. The van der Waals surface area contributed by atoms with Gasteiger partial charge in [0, 0.05) is 64.7 Å². The van der Waals surface area contributed by atoms with E-state index in [0.29, 0.717) is 110 Å². The van der Waals surface area contributed by atoms with E-state index in [-0.39, 0.29) is 27.1 Å². The summed E-state index contributed by atoms with van der Waals surface area (Å²) in [7, 11) is 13.9. The van der Waals surface area contributed by atoms with E-state index in [4.69, 9.17) is 99.8 Å². The molecule has 12 aromatic rings. The van der Waals surface area contributed by atoms with Crippen LogP contribution in [0.1, 0.15) is 10.4 Å². The molecule has 0 saturated heterocycles. The predicted octanol–water partition coefficient (Wildman–Crippen LogP) is 10.9. The summed E-state index contributed by atoms with van der Waals surface area (Å²) < 4.78 is 51.5. The zero-order valence-corrected chi connectivity index (χ0v) is 54.6. The number of methoxy groups -OCH3 is 9. The normalized spacial score (nSPS) is 10.5. The minimum atomic E-state index is -0.526. The molecular weight excluding hydrogens is 1320 g/mol. The van der Waals surface area contributed by atoms with Crippen molar-refractivity contribution in [2.24, 2.45) is 5.73 Å². The van der Waals surface area contributed by atoms with Crippen molar-refractivity contribution in [3.63, 3.8) is 0 Å². The summed E-state index contributed by atoms with van der Waals surface area (Å²) in [5, 5.41) is 13.1. The van der Waals surface area contributed by atoms with Gasteiger partial charge < -0.3 is 69.6 Å². The van der Waals surface area contributed by atoms with Crippen molar-refractivity contribution < 1.29 is 47.4 Å². The first-order chi connectivity index (χ1) is 46.1. The Kier molecular flexibility index (Phi) is 22.9. The number of amides is 1. The summed E-state index contributed by atoms with van der Waals surface area (Å²) in [4.78, 5) is 69.0. The number of anilines is 8. The number of para-hydroxylation sites is 4. The van der Waals surface area contributed by atoms with Gasteiger partial charge in [-0.25, -0.2) is 54.4 Å². The number of hydrogen-bond acceptors (Lipinski definition) is 28. The third-order valence-electron chi connectivity index (χ3n) is 12.8. The van der Waals surface area contributed by atoms with E-state index in [2.05, 4.69) is 86.1 Å². The lowest BCUT2D eigenvalue weighted by Gasteiger charge is -2.15. The molecule has 6 N–H and O–H groups in total. The lowest BCUT2D eigenvalue weighted by atomic mass is 10.2. The number of hydrogen-bond donors (Lipinski definition) is 5. The quantitative estimate of drug-likeness (QED) is 0.0473. The Balaban J connectivity index is 0.000000164. The lowest BCUT2D eigenvalue weighted by Crippen LogP contribution is -2.11. The summed E-state index contributed by atoms with van der Waals surface area (Å²) in [5.74, 6) is 5.99. The summed E-state index contributed by atoms with van der Waals surface area (Å²) in [5.41, 5.74) is 11.4. The first-order valence-corrected chi connectivity index (χ1v) is 28.8. The van der Waals surface area contributed by atoms with Gasteiger partial charge >= 0.3 is 0 Å². The van der Waals surface area contributed by atoms with Crippen LogP contribution in [-0.2, 0) is 0 Å². The average molecular weight is 1370 g/mol. The number of ether oxygens (including phenoxy) is 9. The van der Waals surface area contributed by atoms with Crippen LogP contribution in [0.2, 0.25) is 21.1 Å². The monoisotopic (exact) mass is 1370 g/mol. The fraction of sp³-hybridized carbons (Fsp3) is 0.150. The molecule has 0 spiro atoms. The van der Waals surface area contributed by atoms with Crippen LogP contribution < -0.4 is 69.6 Å². The van der Waals surface area contributed by atoms with Crippen molar-refractivity contribution in [3.05, 3.63) is 161 Å². The van der Waals surface area contributed by atoms with Crippen LogP contribution in [0.4, 0.5) is 46.5 Å². The van der Waals surface area contributed by atoms with Crippen molar-refractivity contribution in [1.82, 2.24) is 78.9 Å². The molecule has 0 atom stereocenters. The molecule has 0 radical (unpaired) electrons. The average Bonchev–Trinajstić information content (AvgIpc) is 1.66. The molecule has 0 aliphatic heterocycles. The number of fused-ring (bicyclic) bond motifs is 2. The second kappa shape index (κ2) is 32.1. The molecule has 0 aliphatic carbocycles. The molecule has 12 rings (SSSR count). The molecule has 0 fully saturated rings. The number of aromatic nitrogens is 16. The number of primary amides is 1. The molecular formula is C60H55Cl4N21O10. The van der Waals surface area contributed by atoms with Crippen LogP contribution in [0.15, 0.2) is 135 Å². The van der Waals surface area contributed by atoms with E-state index in [0.717, 1.165) is 22.1 Å². The highest BCUT2D eigenvalue weighted by Gasteiger charge is 2.21. The minimum absolute atomic E-state index is 0.106. The highest BCUT2D eigenvalue weighted by Crippen LogP contribution is 2.43. The largest absolute Gasteiger partial charge is 0.493 e. The first kappa shape index (κ1) is 67.7. The molecule has 95 heavy (non-hydrogen) atoms. The molecule has 0 saturated carbocycles. The summed E-state index contributed by atoms with van der Waals surface area (Å²) in [6, 6.07) is 32.4. The van der Waals surface area contributed by atoms with E-state index in [1.165, 1.54) is 32.4 Å². The van der Waals surface area contributed by atoms with Gasteiger partial charge in [0.1, 0.15) is 25.3 Å². The maximum atomic E-state index is 11.7. The molecule has 6 aromatic carbocycles. The number of imidazole rings is 2. The summed E-state index contributed by atoms with van der Waals surface area (Å²) >= 11 is 22.6. The molecule has 488 valence electrons. The van der Waals surface area contributed by atoms with E-state index in [9.17, 15) is 4.79 Å². The topological polar surface area (TPSA) is 365 Å². The molecule has 31 nitrogen and oxygen atoms in total. The van der Waals surface area contributed by atoms with Gasteiger partial charge in [-0.3, -0.25) is 9.36 Å². The third-order valence-corrected chi connectivity index (χ3v) is 13.6. The van der Waals surface area contributed by atoms with Gasteiger partial charge in [0.15, 0.2) is 34.5 Å². The van der Waals surface area contributed by atoms with Gasteiger partial charge in [-0.05, 0) is 88.9 Å². The smallest absolute Gasteiger partial charge is 0.248 e. The van der Waals surface area contributed by atoms with Crippen LogP contribution in [-0.4, -0.2) is 149 Å². The van der Waals surface area contributed by atoms with E-state index < -0.39 is 5.91 Å². The number of nitrogens with one attached hydrogen (secondary N) is 4. The van der Waals surface area contributed by atoms with Gasteiger partial charge in [0.2, 0.25) is 80.0 Å². The fourth-order valence-electron chi connectivity index (χ4n) is 8.73. The fourth-order valence-corrected chi connectivity index (χ4v) is 9.40. The van der Waals surface area contributed by atoms with Gasteiger partial charge in [0.05, 0.1) is 86.1 Å². The van der Waals surface area contributed by atoms with Crippen LogP contribution in [0, 0.1) is 0 Å². The van der Waals surface area contributed by atoms with Gasteiger partial charge in [-0.1, -0.05) is 30.3 Å². The molecule has 0 bridgehead atoms. The Morgan fingerprint density at radius 2 is 0.758 bits per heavy atom. The van der Waals surface area contributed by atoms with Crippen molar-refractivity contribution in [1.29, 1.82) is 0 Å². The summed E-state index contributed by atoms with van der Waals surface area (Å²) in [6.07, 6.45) is 5.36. The maximum Gasteiger partial charge on any atom is 0.248 e. The van der Waals surface area contributed by atoms with Gasteiger partial charge in [-0.2, -0.15) is 19.9 Å². The maximum absolute atomic E-state index is 11.7. The molecule has 6 heterocycles. The molecule has 1 amide bonds. The number of nitrogens with zero attached hydrogens (tertiary/aromatic N) is 16. The zero-order valence-electron chi connectivity index (χ0n) is 51.5. The van der Waals surface area contributed by atoms with E-state index in [1.54, 1.807) is 127 Å². The minimum Gasteiger partial charge on any atom is -0.493 e. The number of rotatable bonds is 20. The van der Waals surface area contributed by atoms with Gasteiger partial charge in [-0.15, -0.1) is 0 Å². The molecule has 6 aromatic heterocycles. The Morgan fingerprint density at radius 3 is 1.16 bits per heavy atom. The number of carbonyl (C=O) groups is 1. The van der Waals surface area contributed by atoms with Gasteiger partial charge in [0.25, 0.3) is 0 Å². The van der Waals surface area contributed by atoms with Crippen LogP contribution in [0.25, 0.3) is 34.0 Å². The Bertz CT molecular complexity index is 4560. The number of halogens is 4. The number of carbonyl (C=O) groups excluding carboxylic acids is 1. The van der Waals surface area contributed by atoms with Crippen molar-refractivity contribution in [3.8, 4) is 63.6 Å². The van der Waals surface area contributed by atoms with E-state index in [1.807, 2.05) is 48.5 Å². The first-order valence-electron chi connectivity index (χ1n) is 27.3. The van der Waals surface area contributed by atoms with E-state index >= 15 is 0 Å². The molecule has 35 heteroatoms. The molecule has 0 unspecified atom stereocenters. The van der Waals surface area contributed by atoms with Crippen molar-refractivity contribution in [2.75, 3.05) is 85.3 Å². The van der Waals surface area contributed by atoms with Crippen molar-refractivity contribution in [2.45, 2.75) is 0 Å². The Labute approximate surface area is 560 Å². The van der Waals surface area contributed by atoms with Crippen molar-refractivity contribution >= 4 is 121 Å². The lowest BCUT2D eigenvalue weighted by molar-refractivity contribution is 0.1000. The number of benzene rings is 6. The summed E-state index contributed by atoms with van der Waals surface area (Å²) in [6.45, 7) is 0.